The number of rotatable bonds is 8. The van der Waals surface area contributed by atoms with Crippen LogP contribution in [0.3, 0.4) is 0 Å². The maximum absolute atomic E-state index is 13.3. The molecule has 0 aliphatic rings. The summed E-state index contributed by atoms with van der Waals surface area (Å²) in [5.41, 5.74) is 0.829. The minimum atomic E-state index is -0.702. The monoisotopic (exact) mass is 376 g/mol. The molecule has 0 aliphatic carbocycles. The van der Waals surface area contributed by atoms with Crippen molar-refractivity contribution in [1.82, 2.24) is 4.98 Å². The van der Waals surface area contributed by atoms with Gasteiger partial charge in [0.15, 0.2) is 5.82 Å². The third kappa shape index (κ3) is 6.20. The van der Waals surface area contributed by atoms with Crippen molar-refractivity contribution >= 4 is 23.2 Å². The van der Waals surface area contributed by atoms with Gasteiger partial charge < -0.3 is 15.5 Å². The molecule has 7 heteroatoms. The summed E-state index contributed by atoms with van der Waals surface area (Å²) in [6.45, 7) is 7.70. The van der Waals surface area contributed by atoms with Gasteiger partial charge >= 0.3 is 0 Å². The molecule has 1 heterocycles. The van der Waals surface area contributed by atoms with Crippen molar-refractivity contribution < 1.29 is 13.6 Å². The van der Waals surface area contributed by atoms with Gasteiger partial charge in [-0.3, -0.25) is 4.79 Å². The van der Waals surface area contributed by atoms with Gasteiger partial charge in [0, 0.05) is 26.2 Å². The predicted molar refractivity (Wildman–Crippen MR) is 105 cm³/mol. The van der Waals surface area contributed by atoms with Gasteiger partial charge in [0.05, 0.1) is 12.1 Å². The molecule has 1 amide bonds. The first-order valence-electron chi connectivity index (χ1n) is 8.99. The average Bonchev–Trinajstić information content (AvgIpc) is 2.59. The molecule has 146 valence electrons. The highest BCUT2D eigenvalue weighted by molar-refractivity contribution is 5.95. The summed E-state index contributed by atoms with van der Waals surface area (Å²) in [5.74, 6) is 0.0628. The van der Waals surface area contributed by atoms with Crippen LogP contribution in [0.5, 0.6) is 0 Å². The molecule has 0 bridgehead atoms. The first-order chi connectivity index (χ1) is 12.8. The van der Waals surface area contributed by atoms with Crippen LogP contribution in [0.15, 0.2) is 30.3 Å². The van der Waals surface area contributed by atoms with Crippen molar-refractivity contribution in [3.63, 3.8) is 0 Å². The lowest BCUT2D eigenvalue weighted by Crippen LogP contribution is -2.22. The number of halogens is 2. The minimum absolute atomic E-state index is 0.128. The number of aromatic nitrogens is 1. The number of carbonyl (C=O) groups is 1. The first kappa shape index (κ1) is 20.6. The maximum atomic E-state index is 13.3. The Bertz CT molecular complexity index is 775. The molecule has 27 heavy (non-hydrogen) atoms. The van der Waals surface area contributed by atoms with Crippen molar-refractivity contribution in [2.24, 2.45) is 5.92 Å². The summed E-state index contributed by atoms with van der Waals surface area (Å²) < 4.78 is 26.6. The molecule has 0 aliphatic heterocycles. The summed E-state index contributed by atoms with van der Waals surface area (Å²) in [7, 11) is 1.88. The largest absolute Gasteiger partial charge is 0.370 e. The minimum Gasteiger partial charge on any atom is -0.370 e. The Balaban J connectivity index is 2.16. The Morgan fingerprint density at radius 3 is 2.44 bits per heavy atom. The second-order valence-corrected chi connectivity index (χ2v) is 6.86. The van der Waals surface area contributed by atoms with Crippen LogP contribution in [0, 0.1) is 17.6 Å². The van der Waals surface area contributed by atoms with Crippen LogP contribution in [0.25, 0.3) is 0 Å². The molecular formula is C20H26F2N4O. The van der Waals surface area contributed by atoms with Crippen molar-refractivity contribution in [3.8, 4) is 0 Å². The molecule has 0 saturated carbocycles. The Kier molecular flexibility index (Phi) is 7.10. The normalized spacial score (nSPS) is 10.8. The van der Waals surface area contributed by atoms with Crippen molar-refractivity contribution in [2.45, 2.75) is 27.2 Å². The summed E-state index contributed by atoms with van der Waals surface area (Å²) in [4.78, 5) is 18.8. The van der Waals surface area contributed by atoms with Gasteiger partial charge in [0.1, 0.15) is 17.5 Å². The molecule has 0 atom stereocenters. The van der Waals surface area contributed by atoms with Crippen LogP contribution in [-0.2, 0) is 11.2 Å². The fraction of sp³-hybridized carbons (Fsp3) is 0.400. The fourth-order valence-electron chi connectivity index (χ4n) is 2.49. The van der Waals surface area contributed by atoms with E-state index in [9.17, 15) is 13.6 Å². The number of nitrogens with zero attached hydrogens (tertiary/aromatic N) is 2. The number of nitrogens with one attached hydrogen (secondary N) is 2. The lowest BCUT2D eigenvalue weighted by molar-refractivity contribution is -0.115. The number of hydrogen-bond donors (Lipinski definition) is 2. The van der Waals surface area contributed by atoms with Crippen LogP contribution in [0.1, 0.15) is 26.3 Å². The van der Waals surface area contributed by atoms with Crippen LogP contribution >= 0.6 is 0 Å². The fourth-order valence-corrected chi connectivity index (χ4v) is 2.49. The van der Waals surface area contributed by atoms with E-state index in [4.69, 9.17) is 0 Å². The number of amides is 1. The molecule has 0 unspecified atom stereocenters. The van der Waals surface area contributed by atoms with E-state index in [-0.39, 0.29) is 17.9 Å². The Labute approximate surface area is 158 Å². The quantitative estimate of drug-likeness (QED) is 0.729. The molecular weight excluding hydrogens is 350 g/mol. The molecule has 2 N–H and O–H groups in total. The molecule has 1 aromatic carbocycles. The van der Waals surface area contributed by atoms with E-state index in [2.05, 4.69) is 29.5 Å². The van der Waals surface area contributed by atoms with E-state index in [1.165, 1.54) is 0 Å². The zero-order chi connectivity index (χ0) is 20.0. The van der Waals surface area contributed by atoms with E-state index < -0.39 is 11.6 Å². The predicted octanol–water partition coefficient (Wildman–Crippen LogP) is 4.07. The second-order valence-electron chi connectivity index (χ2n) is 6.86. The SMILES string of the molecule is CCN(C)c1nc(NCC(C)C)ccc1NC(=O)Cc1cc(F)cc(F)c1. The summed E-state index contributed by atoms with van der Waals surface area (Å²) >= 11 is 0. The van der Waals surface area contributed by atoms with E-state index in [1.54, 1.807) is 12.1 Å². The molecule has 2 aromatic rings. The molecule has 2 rings (SSSR count). The van der Waals surface area contributed by atoms with Crippen LogP contribution in [-0.4, -0.2) is 31.0 Å². The van der Waals surface area contributed by atoms with E-state index in [0.717, 1.165) is 30.6 Å². The summed E-state index contributed by atoms with van der Waals surface area (Å²) in [5, 5.41) is 6.05. The van der Waals surface area contributed by atoms with Crippen molar-refractivity contribution in [3.05, 3.63) is 47.5 Å². The molecule has 0 spiro atoms. The zero-order valence-corrected chi connectivity index (χ0v) is 16.1. The summed E-state index contributed by atoms with van der Waals surface area (Å²) in [6.07, 6.45) is -0.128. The van der Waals surface area contributed by atoms with Crippen LogP contribution < -0.4 is 15.5 Å². The van der Waals surface area contributed by atoms with Gasteiger partial charge in [-0.05, 0) is 42.7 Å². The van der Waals surface area contributed by atoms with Gasteiger partial charge in [-0.1, -0.05) is 13.8 Å². The van der Waals surface area contributed by atoms with Crippen LogP contribution in [0.4, 0.5) is 26.1 Å². The molecule has 0 fully saturated rings. The third-order valence-corrected chi connectivity index (χ3v) is 3.96. The number of benzene rings is 1. The van der Waals surface area contributed by atoms with Crippen molar-refractivity contribution in [2.75, 3.05) is 35.7 Å². The zero-order valence-electron chi connectivity index (χ0n) is 16.1. The number of carbonyl (C=O) groups excluding carboxylic acids is 1. The van der Waals surface area contributed by atoms with Gasteiger partial charge in [-0.15, -0.1) is 0 Å². The lowest BCUT2D eigenvalue weighted by Gasteiger charge is -2.21. The molecule has 0 radical (unpaired) electrons. The Morgan fingerprint density at radius 2 is 1.85 bits per heavy atom. The van der Waals surface area contributed by atoms with E-state index >= 15 is 0 Å². The number of anilines is 3. The second kappa shape index (κ2) is 9.30. The molecule has 5 nitrogen and oxygen atoms in total. The Hall–Kier alpha value is -2.70. The third-order valence-electron chi connectivity index (χ3n) is 3.96. The van der Waals surface area contributed by atoms with Gasteiger partial charge in [-0.2, -0.15) is 0 Å². The lowest BCUT2D eigenvalue weighted by atomic mass is 10.1. The molecule has 0 saturated heterocycles. The smallest absolute Gasteiger partial charge is 0.228 e. The number of hydrogen-bond acceptors (Lipinski definition) is 4. The van der Waals surface area contributed by atoms with Gasteiger partial charge in [0.2, 0.25) is 5.91 Å². The van der Waals surface area contributed by atoms with Gasteiger partial charge in [0.25, 0.3) is 0 Å². The standard InChI is InChI=1S/C20H26F2N4O/c1-5-26(4)20-17(6-7-18(25-20)23-12-13(2)3)24-19(27)10-14-8-15(21)11-16(22)9-14/h6-9,11,13H,5,10,12H2,1-4H3,(H,23,25)(H,24,27). The number of pyridine rings is 1. The highest BCUT2D eigenvalue weighted by Gasteiger charge is 2.14. The molecule has 1 aromatic heterocycles. The average molecular weight is 376 g/mol. The van der Waals surface area contributed by atoms with Crippen molar-refractivity contribution in [1.29, 1.82) is 0 Å². The topological polar surface area (TPSA) is 57.3 Å². The highest BCUT2D eigenvalue weighted by atomic mass is 19.1. The van der Waals surface area contributed by atoms with Gasteiger partial charge in [-0.25, -0.2) is 13.8 Å². The van der Waals surface area contributed by atoms with E-state index in [1.807, 2.05) is 18.9 Å². The Morgan fingerprint density at radius 1 is 1.19 bits per heavy atom. The van der Waals surface area contributed by atoms with E-state index in [0.29, 0.717) is 24.0 Å². The highest BCUT2D eigenvalue weighted by Crippen LogP contribution is 2.25. The maximum Gasteiger partial charge on any atom is 0.228 e. The van der Waals surface area contributed by atoms with Crippen LogP contribution in [0.2, 0.25) is 0 Å². The summed E-state index contributed by atoms with van der Waals surface area (Å²) in [6, 6.07) is 6.66. The first-order valence-corrected chi connectivity index (χ1v) is 8.99.